The fourth-order valence-corrected chi connectivity index (χ4v) is 2.29. The van der Waals surface area contributed by atoms with Crippen LogP contribution in [-0.4, -0.2) is 5.91 Å². The number of hydrogen-bond acceptors (Lipinski definition) is 2. The van der Waals surface area contributed by atoms with Gasteiger partial charge < -0.3 is 5.32 Å². The zero-order valence-electron chi connectivity index (χ0n) is 13.0. The number of nitriles is 1. The van der Waals surface area contributed by atoms with Crippen LogP contribution in [-0.2, 0) is 11.0 Å². The van der Waals surface area contributed by atoms with Gasteiger partial charge in [0.15, 0.2) is 0 Å². The van der Waals surface area contributed by atoms with E-state index < -0.39 is 23.2 Å². The van der Waals surface area contributed by atoms with Crippen LogP contribution < -0.4 is 5.32 Å². The third-order valence-electron chi connectivity index (χ3n) is 3.45. The number of rotatable bonds is 3. The molecule has 2 aromatic rings. The molecule has 0 saturated heterocycles. The number of halogens is 4. The minimum absolute atomic E-state index is 0.260. The van der Waals surface area contributed by atoms with Gasteiger partial charge in [-0.3, -0.25) is 4.79 Å². The molecule has 0 aliphatic rings. The molecule has 0 saturated carbocycles. The highest BCUT2D eigenvalue weighted by Crippen LogP contribution is 2.33. The minimum Gasteiger partial charge on any atom is -0.321 e. The quantitative estimate of drug-likeness (QED) is 0.600. The molecule has 3 nitrogen and oxygen atoms in total. The Morgan fingerprint density at radius 3 is 2.52 bits per heavy atom. The molecule has 0 unspecified atom stereocenters. The maximum Gasteiger partial charge on any atom is 0.416 e. The normalized spacial score (nSPS) is 11.8. The first-order chi connectivity index (χ1) is 11.7. The number of hydrogen-bond donors (Lipinski definition) is 1. The lowest BCUT2D eigenvalue weighted by Gasteiger charge is -2.11. The molecule has 0 aromatic heterocycles. The SMILES string of the molecule is Cc1c(Cl)cccc1NC(=O)/C(C#N)=C/c1ccccc1C(F)(F)F. The van der Waals surface area contributed by atoms with Gasteiger partial charge in [0.05, 0.1) is 5.56 Å². The van der Waals surface area contributed by atoms with E-state index >= 15 is 0 Å². The number of alkyl halides is 3. The summed E-state index contributed by atoms with van der Waals surface area (Å²) in [5.41, 5.74) is -0.664. The molecule has 7 heteroatoms. The first-order valence-electron chi connectivity index (χ1n) is 7.08. The van der Waals surface area contributed by atoms with Gasteiger partial charge in [0.25, 0.3) is 5.91 Å². The smallest absolute Gasteiger partial charge is 0.321 e. The molecular weight excluding hydrogens is 353 g/mol. The molecule has 0 bridgehead atoms. The van der Waals surface area contributed by atoms with Crippen molar-refractivity contribution < 1.29 is 18.0 Å². The summed E-state index contributed by atoms with van der Waals surface area (Å²) in [6.07, 6.45) is -3.67. The van der Waals surface area contributed by atoms with Crippen molar-refractivity contribution in [2.45, 2.75) is 13.1 Å². The summed E-state index contributed by atoms with van der Waals surface area (Å²) in [6, 6.07) is 11.2. The Hall–Kier alpha value is -2.78. The molecule has 128 valence electrons. The zero-order chi connectivity index (χ0) is 18.6. The summed E-state index contributed by atoms with van der Waals surface area (Å²) in [5.74, 6) is -0.815. The largest absolute Gasteiger partial charge is 0.416 e. The van der Waals surface area contributed by atoms with Crippen molar-refractivity contribution in [2.75, 3.05) is 5.32 Å². The second kappa shape index (κ2) is 7.41. The summed E-state index contributed by atoms with van der Waals surface area (Å²) in [6.45, 7) is 1.67. The van der Waals surface area contributed by atoms with Crippen LogP contribution in [0.5, 0.6) is 0 Å². The summed E-state index contributed by atoms with van der Waals surface area (Å²) in [7, 11) is 0. The Kier molecular flexibility index (Phi) is 5.50. The van der Waals surface area contributed by atoms with E-state index in [1.807, 2.05) is 0 Å². The Morgan fingerprint density at radius 1 is 1.20 bits per heavy atom. The number of nitrogens with one attached hydrogen (secondary N) is 1. The molecule has 25 heavy (non-hydrogen) atoms. The number of benzene rings is 2. The molecule has 2 rings (SSSR count). The van der Waals surface area contributed by atoms with Gasteiger partial charge in [-0.2, -0.15) is 18.4 Å². The number of anilines is 1. The Morgan fingerprint density at radius 2 is 1.88 bits per heavy atom. The van der Waals surface area contributed by atoms with E-state index in [4.69, 9.17) is 16.9 Å². The van der Waals surface area contributed by atoms with Gasteiger partial charge in [-0.05, 0) is 42.3 Å². The average molecular weight is 365 g/mol. The molecule has 1 amide bonds. The first-order valence-corrected chi connectivity index (χ1v) is 7.46. The van der Waals surface area contributed by atoms with E-state index in [9.17, 15) is 18.0 Å². The van der Waals surface area contributed by atoms with Crippen molar-refractivity contribution in [1.29, 1.82) is 5.26 Å². The van der Waals surface area contributed by atoms with Crippen LogP contribution in [0.25, 0.3) is 6.08 Å². The predicted molar refractivity (Wildman–Crippen MR) is 89.9 cm³/mol. The highest BCUT2D eigenvalue weighted by molar-refractivity contribution is 6.31. The van der Waals surface area contributed by atoms with Crippen molar-refractivity contribution in [3.8, 4) is 6.07 Å². The number of carbonyl (C=O) groups excluding carboxylic acids is 1. The predicted octanol–water partition coefficient (Wildman–Crippen LogP) is 5.21. The van der Waals surface area contributed by atoms with Gasteiger partial charge in [-0.1, -0.05) is 35.9 Å². The third kappa shape index (κ3) is 4.40. The maximum atomic E-state index is 13.0. The number of carbonyl (C=O) groups is 1. The van der Waals surface area contributed by atoms with Crippen molar-refractivity contribution in [3.05, 3.63) is 69.8 Å². The van der Waals surface area contributed by atoms with Gasteiger partial charge >= 0.3 is 6.18 Å². The Labute approximate surface area is 147 Å². The van der Waals surface area contributed by atoms with E-state index in [2.05, 4.69) is 5.32 Å². The number of nitrogens with zero attached hydrogens (tertiary/aromatic N) is 1. The lowest BCUT2D eigenvalue weighted by atomic mass is 10.0. The fraction of sp³-hybridized carbons (Fsp3) is 0.111. The average Bonchev–Trinajstić information content (AvgIpc) is 2.56. The van der Waals surface area contributed by atoms with E-state index in [-0.39, 0.29) is 5.56 Å². The molecule has 0 radical (unpaired) electrons. The topological polar surface area (TPSA) is 52.9 Å². The second-order valence-electron chi connectivity index (χ2n) is 5.12. The fourth-order valence-electron chi connectivity index (χ4n) is 2.12. The lowest BCUT2D eigenvalue weighted by molar-refractivity contribution is -0.137. The molecule has 0 spiro atoms. The Bertz CT molecular complexity index is 883. The van der Waals surface area contributed by atoms with E-state index in [1.165, 1.54) is 18.2 Å². The molecule has 2 aromatic carbocycles. The molecular formula is C18H12ClF3N2O. The maximum absolute atomic E-state index is 13.0. The lowest BCUT2D eigenvalue weighted by Crippen LogP contribution is -2.15. The summed E-state index contributed by atoms with van der Waals surface area (Å²) < 4.78 is 39.1. The summed E-state index contributed by atoms with van der Waals surface area (Å²) in [5, 5.41) is 12.1. The van der Waals surface area contributed by atoms with Crippen molar-refractivity contribution in [2.24, 2.45) is 0 Å². The van der Waals surface area contributed by atoms with Crippen LogP contribution in [0.3, 0.4) is 0 Å². The van der Waals surface area contributed by atoms with Crippen molar-refractivity contribution >= 4 is 29.3 Å². The van der Waals surface area contributed by atoms with Crippen molar-refractivity contribution in [3.63, 3.8) is 0 Å². The summed E-state index contributed by atoms with van der Waals surface area (Å²) in [4.78, 5) is 12.2. The van der Waals surface area contributed by atoms with Crippen LogP contribution in [0, 0.1) is 18.3 Å². The van der Waals surface area contributed by atoms with Crippen LogP contribution in [0.4, 0.5) is 18.9 Å². The highest BCUT2D eigenvalue weighted by Gasteiger charge is 2.32. The van der Waals surface area contributed by atoms with Crippen molar-refractivity contribution in [1.82, 2.24) is 0 Å². The van der Waals surface area contributed by atoms with E-state index in [0.717, 1.165) is 12.1 Å². The monoisotopic (exact) mass is 364 g/mol. The molecule has 0 heterocycles. The molecule has 0 aliphatic carbocycles. The van der Waals surface area contributed by atoms with E-state index in [0.29, 0.717) is 16.3 Å². The van der Waals surface area contributed by atoms with Crippen LogP contribution in [0.2, 0.25) is 5.02 Å². The van der Waals surface area contributed by atoms with Gasteiger partial charge in [-0.15, -0.1) is 0 Å². The molecule has 0 atom stereocenters. The molecule has 0 aliphatic heterocycles. The van der Waals surface area contributed by atoms with Crippen LogP contribution in [0.1, 0.15) is 16.7 Å². The highest BCUT2D eigenvalue weighted by atomic mass is 35.5. The standard InChI is InChI=1S/C18H12ClF3N2O/c1-11-15(19)7-4-8-16(11)24-17(25)13(10-23)9-12-5-2-3-6-14(12)18(20,21)22/h2-9H,1H3,(H,24,25)/b13-9+. The van der Waals surface area contributed by atoms with Gasteiger partial charge in [-0.25, -0.2) is 0 Å². The Balaban J connectivity index is 2.37. The molecule has 0 fully saturated rings. The first kappa shape index (κ1) is 18.6. The zero-order valence-corrected chi connectivity index (χ0v) is 13.7. The van der Waals surface area contributed by atoms with Gasteiger partial charge in [0, 0.05) is 10.7 Å². The molecule has 1 N–H and O–H groups in total. The van der Waals surface area contributed by atoms with Crippen LogP contribution in [0.15, 0.2) is 48.0 Å². The van der Waals surface area contributed by atoms with E-state index in [1.54, 1.807) is 31.2 Å². The summed E-state index contributed by atoms with van der Waals surface area (Å²) >= 11 is 5.96. The third-order valence-corrected chi connectivity index (χ3v) is 3.86. The minimum atomic E-state index is -4.59. The second-order valence-corrected chi connectivity index (χ2v) is 5.53. The van der Waals surface area contributed by atoms with Crippen LogP contribution >= 0.6 is 11.6 Å². The van der Waals surface area contributed by atoms with Gasteiger partial charge in [0.2, 0.25) is 0 Å². The number of amides is 1. The van der Waals surface area contributed by atoms with Gasteiger partial charge in [0.1, 0.15) is 11.6 Å².